The first-order chi connectivity index (χ1) is 18.0. The number of nitrogens with zero attached hydrogens (tertiary/aromatic N) is 2. The first-order valence-corrected chi connectivity index (χ1v) is 12.4. The van der Waals surface area contributed by atoms with Crippen molar-refractivity contribution in [1.82, 2.24) is 10.4 Å². The average molecular weight is 508 g/mol. The highest BCUT2D eigenvalue weighted by Crippen LogP contribution is 2.45. The van der Waals surface area contributed by atoms with Gasteiger partial charge in [0.15, 0.2) is 0 Å². The van der Waals surface area contributed by atoms with Crippen LogP contribution in [0.4, 0.5) is 5.69 Å². The van der Waals surface area contributed by atoms with E-state index >= 15 is 0 Å². The summed E-state index contributed by atoms with van der Waals surface area (Å²) >= 11 is 1.28. The fraction of sp³-hybridized carbons (Fsp3) is 0.0345. The normalized spacial score (nSPS) is 16.1. The Kier molecular flexibility index (Phi) is 6.83. The van der Waals surface area contributed by atoms with Crippen LogP contribution < -0.4 is 5.43 Å². The van der Waals surface area contributed by atoms with Crippen molar-refractivity contribution in [1.29, 1.82) is 0 Å². The van der Waals surface area contributed by atoms with Crippen molar-refractivity contribution in [2.24, 2.45) is 0 Å². The summed E-state index contributed by atoms with van der Waals surface area (Å²) in [4.78, 5) is 37.6. The second kappa shape index (κ2) is 10.5. The fourth-order valence-electron chi connectivity index (χ4n) is 3.99. The molecule has 1 fully saturated rings. The quantitative estimate of drug-likeness (QED) is 0.190. The number of carbonyl (C=O) groups is 2. The number of thioether (sulfide) groups is 1. The minimum Gasteiger partial charge on any atom is -0.267 e. The summed E-state index contributed by atoms with van der Waals surface area (Å²) in [5.41, 5.74) is 6.52. The Morgan fingerprint density at radius 2 is 1.51 bits per heavy atom. The summed E-state index contributed by atoms with van der Waals surface area (Å²) in [6.45, 7) is 0. The Balaban J connectivity index is 1.41. The van der Waals surface area contributed by atoms with E-state index in [4.69, 9.17) is 0 Å². The number of hydrogen-bond acceptors (Lipinski definition) is 5. The number of benzene rings is 4. The third-order valence-electron chi connectivity index (χ3n) is 5.84. The average Bonchev–Trinajstić information content (AvgIpc) is 3.24. The summed E-state index contributed by atoms with van der Waals surface area (Å²) < 4.78 is 0. The number of non-ortho nitro benzene ring substituents is 1. The van der Waals surface area contributed by atoms with Crippen LogP contribution in [0.2, 0.25) is 0 Å². The monoisotopic (exact) mass is 507 g/mol. The maximum absolute atomic E-state index is 13.4. The molecule has 7 nitrogen and oxygen atoms in total. The zero-order valence-corrected chi connectivity index (χ0v) is 20.3. The molecular weight excluding hydrogens is 486 g/mol. The maximum atomic E-state index is 13.4. The van der Waals surface area contributed by atoms with Gasteiger partial charge in [-0.1, -0.05) is 96.7 Å². The first kappa shape index (κ1) is 24.0. The van der Waals surface area contributed by atoms with Gasteiger partial charge in [-0.2, -0.15) is 0 Å². The lowest BCUT2D eigenvalue weighted by atomic mass is 10.0. The number of rotatable bonds is 6. The van der Waals surface area contributed by atoms with Crippen molar-refractivity contribution < 1.29 is 14.5 Å². The number of hydrazine groups is 1. The van der Waals surface area contributed by atoms with Crippen molar-refractivity contribution in [3.8, 4) is 11.1 Å². The van der Waals surface area contributed by atoms with E-state index < -0.39 is 16.2 Å². The van der Waals surface area contributed by atoms with Gasteiger partial charge < -0.3 is 0 Å². The van der Waals surface area contributed by atoms with Crippen LogP contribution in [0.25, 0.3) is 17.2 Å². The highest BCUT2D eigenvalue weighted by molar-refractivity contribution is 8.04. The summed E-state index contributed by atoms with van der Waals surface area (Å²) in [6, 6.07) is 32.5. The molecule has 0 aromatic heterocycles. The van der Waals surface area contributed by atoms with Gasteiger partial charge in [0.05, 0.1) is 9.83 Å². The van der Waals surface area contributed by atoms with E-state index in [-0.39, 0.29) is 11.6 Å². The third kappa shape index (κ3) is 5.29. The molecule has 1 atom stereocenters. The number of amides is 2. The van der Waals surface area contributed by atoms with E-state index in [9.17, 15) is 19.7 Å². The molecule has 182 valence electrons. The van der Waals surface area contributed by atoms with E-state index in [1.165, 1.54) is 28.9 Å². The lowest BCUT2D eigenvalue weighted by Crippen LogP contribution is -2.44. The summed E-state index contributed by atoms with van der Waals surface area (Å²) in [6.07, 6.45) is 1.61. The topological polar surface area (TPSA) is 92.6 Å². The predicted molar refractivity (Wildman–Crippen MR) is 144 cm³/mol. The first-order valence-electron chi connectivity index (χ1n) is 11.5. The van der Waals surface area contributed by atoms with E-state index in [2.05, 4.69) is 5.43 Å². The van der Waals surface area contributed by atoms with Crippen molar-refractivity contribution in [2.45, 2.75) is 5.37 Å². The van der Waals surface area contributed by atoms with Gasteiger partial charge in [-0.3, -0.25) is 25.1 Å². The molecule has 0 saturated carbocycles. The Morgan fingerprint density at radius 1 is 0.865 bits per heavy atom. The van der Waals surface area contributed by atoms with Gasteiger partial charge in [-0.15, -0.1) is 0 Å². The van der Waals surface area contributed by atoms with Crippen LogP contribution in [0.15, 0.2) is 114 Å². The molecule has 1 N–H and O–H groups in total. The second-order valence-corrected chi connectivity index (χ2v) is 9.42. The summed E-state index contributed by atoms with van der Waals surface area (Å²) in [5, 5.41) is 12.0. The van der Waals surface area contributed by atoms with E-state index in [1.807, 2.05) is 72.8 Å². The Bertz CT molecular complexity index is 1490. The van der Waals surface area contributed by atoms with Crippen LogP contribution in [0, 0.1) is 10.1 Å². The zero-order chi connectivity index (χ0) is 25.8. The lowest BCUT2D eigenvalue weighted by molar-refractivity contribution is -0.384. The Hall–Kier alpha value is -4.69. The number of hydrogen-bond donors (Lipinski definition) is 1. The molecule has 5 rings (SSSR count). The molecule has 8 heteroatoms. The highest BCUT2D eigenvalue weighted by atomic mass is 32.2. The molecule has 4 aromatic carbocycles. The van der Waals surface area contributed by atoms with Crippen LogP contribution in [-0.4, -0.2) is 21.7 Å². The number of nitro benzene ring substituents is 1. The van der Waals surface area contributed by atoms with Crippen LogP contribution in [-0.2, 0) is 4.79 Å². The molecule has 0 bridgehead atoms. The molecule has 0 spiro atoms. The molecule has 1 aliphatic rings. The van der Waals surface area contributed by atoms with Crippen molar-refractivity contribution in [3.63, 3.8) is 0 Å². The SMILES string of the molecule is O=C(NN1C(=O)/C(=C\c2cccc([N+](=O)[O-])c2)SC1c1ccccc1)c1ccc(-c2ccccc2)cc1. The summed E-state index contributed by atoms with van der Waals surface area (Å²) in [5.74, 6) is -0.800. The van der Waals surface area contributed by atoms with Crippen LogP contribution >= 0.6 is 11.8 Å². The van der Waals surface area contributed by atoms with Gasteiger partial charge in [-0.05, 0) is 40.5 Å². The van der Waals surface area contributed by atoms with Gasteiger partial charge in [0.25, 0.3) is 17.5 Å². The fourth-order valence-corrected chi connectivity index (χ4v) is 5.18. The molecular formula is C29H21N3O4S. The van der Waals surface area contributed by atoms with E-state index in [0.29, 0.717) is 16.0 Å². The van der Waals surface area contributed by atoms with Gasteiger partial charge in [0.1, 0.15) is 5.37 Å². The maximum Gasteiger partial charge on any atom is 0.280 e. The largest absolute Gasteiger partial charge is 0.280 e. The molecule has 1 aliphatic heterocycles. The predicted octanol–water partition coefficient (Wildman–Crippen LogP) is 6.22. The number of nitro groups is 1. The second-order valence-electron chi connectivity index (χ2n) is 8.30. The van der Waals surface area contributed by atoms with Crippen molar-refractivity contribution in [2.75, 3.05) is 0 Å². The minimum atomic E-state index is -0.494. The van der Waals surface area contributed by atoms with Crippen LogP contribution in [0.5, 0.6) is 0 Å². The van der Waals surface area contributed by atoms with Crippen molar-refractivity contribution >= 4 is 35.3 Å². The van der Waals surface area contributed by atoms with Gasteiger partial charge in [-0.25, -0.2) is 5.01 Å². The Morgan fingerprint density at radius 3 is 2.19 bits per heavy atom. The number of nitrogens with one attached hydrogen (secondary N) is 1. The molecule has 1 saturated heterocycles. The molecule has 0 aliphatic carbocycles. The van der Waals surface area contributed by atoms with Crippen molar-refractivity contribution in [3.05, 3.63) is 141 Å². The minimum absolute atomic E-state index is 0.0616. The molecule has 37 heavy (non-hydrogen) atoms. The van der Waals surface area contributed by atoms with Gasteiger partial charge >= 0.3 is 0 Å². The lowest BCUT2D eigenvalue weighted by Gasteiger charge is -2.24. The third-order valence-corrected chi connectivity index (χ3v) is 7.10. The summed E-state index contributed by atoms with van der Waals surface area (Å²) in [7, 11) is 0. The molecule has 0 radical (unpaired) electrons. The molecule has 1 heterocycles. The molecule has 2 amide bonds. The molecule has 4 aromatic rings. The smallest absolute Gasteiger partial charge is 0.267 e. The van der Waals surface area contributed by atoms with Gasteiger partial charge in [0, 0.05) is 17.7 Å². The Labute approximate surface area is 217 Å². The van der Waals surface area contributed by atoms with Gasteiger partial charge in [0.2, 0.25) is 0 Å². The van der Waals surface area contributed by atoms with Crippen LogP contribution in [0.3, 0.4) is 0 Å². The standard InChI is InChI=1S/C29H21N3O4S/c33-27(23-16-14-22(15-17-23)21-9-3-1-4-10-21)30-31-28(34)26(37-29(31)24-11-5-2-6-12-24)19-20-8-7-13-25(18-20)32(35)36/h1-19,29H,(H,30,33)/b26-19+. The highest BCUT2D eigenvalue weighted by Gasteiger charge is 2.38. The molecule has 1 unspecified atom stereocenters. The van der Waals surface area contributed by atoms with E-state index in [0.717, 1.165) is 16.7 Å². The van der Waals surface area contributed by atoms with Crippen LogP contribution in [0.1, 0.15) is 26.9 Å². The van der Waals surface area contributed by atoms with E-state index in [1.54, 1.807) is 30.3 Å². The zero-order valence-electron chi connectivity index (χ0n) is 19.5. The number of carbonyl (C=O) groups excluding carboxylic acids is 2.